The van der Waals surface area contributed by atoms with Gasteiger partial charge in [-0.2, -0.15) is 4.80 Å². The van der Waals surface area contributed by atoms with Crippen LogP contribution in [0, 0.1) is 6.92 Å². The molecule has 0 aliphatic carbocycles. The summed E-state index contributed by atoms with van der Waals surface area (Å²) in [6.45, 7) is 4.06. The molecule has 1 heterocycles. The van der Waals surface area contributed by atoms with Gasteiger partial charge < -0.3 is 0 Å². The summed E-state index contributed by atoms with van der Waals surface area (Å²) >= 11 is 0. The van der Waals surface area contributed by atoms with Gasteiger partial charge in [0, 0.05) is 12.0 Å². The number of carbonyl (C=O) groups excluding carboxylic acids is 1. The summed E-state index contributed by atoms with van der Waals surface area (Å²) < 4.78 is 0. The van der Waals surface area contributed by atoms with Gasteiger partial charge >= 0.3 is 0 Å². The Kier molecular flexibility index (Phi) is 3.27. The normalized spacial score (nSPS) is 10.5. The van der Waals surface area contributed by atoms with Crippen molar-refractivity contribution in [2.75, 3.05) is 0 Å². The summed E-state index contributed by atoms with van der Waals surface area (Å²) in [4.78, 5) is 12.3. The molecule has 17 heavy (non-hydrogen) atoms. The first-order valence-electron chi connectivity index (χ1n) is 5.49. The Balaban J connectivity index is 2.12. The predicted molar refractivity (Wildman–Crippen MR) is 63.3 cm³/mol. The molecule has 0 unspecified atom stereocenters. The maximum atomic E-state index is 10.8. The highest BCUT2D eigenvalue weighted by Crippen LogP contribution is 2.13. The van der Waals surface area contributed by atoms with Crippen molar-refractivity contribution in [2.24, 2.45) is 0 Å². The Labute approximate surface area is 99.5 Å². The molecular weight excluding hydrogens is 216 g/mol. The van der Waals surface area contributed by atoms with Crippen LogP contribution in [0.3, 0.4) is 0 Å². The molecule has 0 atom stereocenters. The topological polar surface area (TPSA) is 60.7 Å². The van der Waals surface area contributed by atoms with E-state index in [-0.39, 0.29) is 5.78 Å². The molecule has 0 amide bonds. The molecule has 1 aromatic carbocycles. The molecule has 88 valence electrons. The maximum Gasteiger partial charge on any atom is 0.204 e. The number of carbonyl (C=O) groups is 1. The number of Topliss-reactive ketones (excluding diaryl/α,β-unsaturated/α-hetero) is 1. The van der Waals surface area contributed by atoms with Gasteiger partial charge in [-0.05, 0) is 19.1 Å². The van der Waals surface area contributed by atoms with Crippen LogP contribution in [0.1, 0.15) is 18.9 Å². The monoisotopic (exact) mass is 230 g/mol. The van der Waals surface area contributed by atoms with E-state index in [2.05, 4.69) is 15.4 Å². The number of aryl methyl sites for hydroxylation is 2. The number of nitrogens with zero attached hydrogens (tertiary/aromatic N) is 4. The fourth-order valence-corrected chi connectivity index (χ4v) is 1.41. The first-order valence-corrected chi connectivity index (χ1v) is 5.49. The van der Waals surface area contributed by atoms with E-state index in [9.17, 15) is 4.79 Å². The summed E-state index contributed by atoms with van der Waals surface area (Å²) in [6.07, 6.45) is 0.434. The van der Waals surface area contributed by atoms with Crippen molar-refractivity contribution in [1.82, 2.24) is 20.2 Å². The zero-order valence-corrected chi connectivity index (χ0v) is 9.92. The van der Waals surface area contributed by atoms with Gasteiger partial charge in [-0.25, -0.2) is 0 Å². The Morgan fingerprint density at radius 1 is 1.29 bits per heavy atom. The minimum Gasteiger partial charge on any atom is -0.300 e. The smallest absolute Gasteiger partial charge is 0.204 e. The van der Waals surface area contributed by atoms with Crippen LogP contribution in [0.4, 0.5) is 0 Å². The van der Waals surface area contributed by atoms with Gasteiger partial charge in [0.15, 0.2) is 0 Å². The standard InChI is InChI=1S/C12H14N4O/c1-9-3-5-11(6-4-9)12-13-15-16(14-12)8-7-10(2)17/h3-6H,7-8H2,1-2H3. The SMILES string of the molecule is CC(=O)CCn1nnc(-c2ccc(C)cc2)n1. The van der Waals surface area contributed by atoms with E-state index in [1.807, 2.05) is 31.2 Å². The molecule has 0 bridgehead atoms. The lowest BCUT2D eigenvalue weighted by atomic mass is 10.1. The van der Waals surface area contributed by atoms with Crippen LogP contribution in [0.5, 0.6) is 0 Å². The van der Waals surface area contributed by atoms with Crippen LogP contribution >= 0.6 is 0 Å². The van der Waals surface area contributed by atoms with Gasteiger partial charge in [0.05, 0.1) is 6.54 Å². The molecule has 5 nitrogen and oxygen atoms in total. The van der Waals surface area contributed by atoms with Gasteiger partial charge in [-0.15, -0.1) is 10.2 Å². The van der Waals surface area contributed by atoms with Crippen molar-refractivity contribution in [2.45, 2.75) is 26.8 Å². The van der Waals surface area contributed by atoms with Gasteiger partial charge in [0.2, 0.25) is 5.82 Å². The number of aromatic nitrogens is 4. The first-order chi connectivity index (χ1) is 8.15. The third-order valence-corrected chi connectivity index (χ3v) is 2.43. The molecule has 1 aromatic heterocycles. The molecule has 0 radical (unpaired) electrons. The van der Waals surface area contributed by atoms with E-state index < -0.39 is 0 Å². The zero-order chi connectivity index (χ0) is 12.3. The van der Waals surface area contributed by atoms with Crippen LogP contribution in [0.25, 0.3) is 11.4 Å². The summed E-state index contributed by atoms with van der Waals surface area (Å²) in [5, 5.41) is 12.1. The number of hydrogen-bond acceptors (Lipinski definition) is 4. The molecule has 0 N–H and O–H groups in total. The molecule has 0 saturated heterocycles. The minimum absolute atomic E-state index is 0.124. The molecule has 5 heteroatoms. The lowest BCUT2D eigenvalue weighted by Crippen LogP contribution is -2.06. The molecular formula is C12H14N4O. The Morgan fingerprint density at radius 2 is 2.00 bits per heavy atom. The average molecular weight is 230 g/mol. The van der Waals surface area contributed by atoms with E-state index in [0.29, 0.717) is 18.8 Å². The molecule has 0 fully saturated rings. The van der Waals surface area contributed by atoms with Gasteiger partial charge in [-0.3, -0.25) is 4.79 Å². The quantitative estimate of drug-likeness (QED) is 0.800. The third kappa shape index (κ3) is 2.96. The van der Waals surface area contributed by atoms with E-state index >= 15 is 0 Å². The molecule has 0 spiro atoms. The van der Waals surface area contributed by atoms with Crippen LogP contribution in [0.2, 0.25) is 0 Å². The van der Waals surface area contributed by atoms with Crippen molar-refractivity contribution in [1.29, 1.82) is 0 Å². The van der Waals surface area contributed by atoms with Gasteiger partial charge in [0.1, 0.15) is 5.78 Å². The number of rotatable bonds is 4. The van der Waals surface area contributed by atoms with Crippen molar-refractivity contribution < 1.29 is 4.79 Å². The van der Waals surface area contributed by atoms with Crippen molar-refractivity contribution >= 4 is 5.78 Å². The van der Waals surface area contributed by atoms with Crippen LogP contribution in [-0.4, -0.2) is 26.0 Å². The van der Waals surface area contributed by atoms with E-state index in [0.717, 1.165) is 5.56 Å². The molecule has 0 saturated carbocycles. The molecule has 2 aromatic rings. The lowest BCUT2D eigenvalue weighted by molar-refractivity contribution is -0.117. The molecule has 0 aliphatic rings. The second-order valence-electron chi connectivity index (χ2n) is 4.03. The number of hydrogen-bond donors (Lipinski definition) is 0. The van der Waals surface area contributed by atoms with E-state index in [1.54, 1.807) is 6.92 Å². The fraction of sp³-hybridized carbons (Fsp3) is 0.333. The second kappa shape index (κ2) is 4.86. The van der Waals surface area contributed by atoms with Crippen molar-refractivity contribution in [3.8, 4) is 11.4 Å². The Bertz CT molecular complexity index is 516. The highest BCUT2D eigenvalue weighted by molar-refractivity contribution is 5.75. The third-order valence-electron chi connectivity index (χ3n) is 2.43. The van der Waals surface area contributed by atoms with Gasteiger partial charge in [0.25, 0.3) is 0 Å². The van der Waals surface area contributed by atoms with E-state index in [4.69, 9.17) is 0 Å². The Morgan fingerprint density at radius 3 is 2.65 bits per heavy atom. The summed E-state index contributed by atoms with van der Waals surface area (Å²) in [7, 11) is 0. The first kappa shape index (κ1) is 11.4. The van der Waals surface area contributed by atoms with E-state index in [1.165, 1.54) is 10.4 Å². The van der Waals surface area contributed by atoms with Crippen molar-refractivity contribution in [3.05, 3.63) is 29.8 Å². The predicted octanol–water partition coefficient (Wildman–Crippen LogP) is 1.63. The summed E-state index contributed by atoms with van der Waals surface area (Å²) in [5.41, 5.74) is 2.13. The number of tetrazole rings is 1. The zero-order valence-electron chi connectivity index (χ0n) is 9.92. The largest absolute Gasteiger partial charge is 0.300 e. The second-order valence-corrected chi connectivity index (χ2v) is 4.03. The maximum absolute atomic E-state index is 10.8. The fourth-order valence-electron chi connectivity index (χ4n) is 1.41. The van der Waals surface area contributed by atoms with Gasteiger partial charge in [-0.1, -0.05) is 29.8 Å². The minimum atomic E-state index is 0.124. The van der Waals surface area contributed by atoms with Crippen molar-refractivity contribution in [3.63, 3.8) is 0 Å². The van der Waals surface area contributed by atoms with Crippen LogP contribution in [0.15, 0.2) is 24.3 Å². The summed E-state index contributed by atoms with van der Waals surface area (Å²) in [6, 6.07) is 7.93. The number of ketones is 1. The number of benzene rings is 1. The lowest BCUT2D eigenvalue weighted by Gasteiger charge is -1.96. The average Bonchev–Trinajstić information content (AvgIpc) is 2.76. The highest BCUT2D eigenvalue weighted by Gasteiger charge is 2.05. The summed E-state index contributed by atoms with van der Waals surface area (Å²) in [5.74, 6) is 0.715. The molecule has 2 rings (SSSR count). The Hall–Kier alpha value is -2.04. The highest BCUT2D eigenvalue weighted by atomic mass is 16.1. The molecule has 0 aliphatic heterocycles. The van der Waals surface area contributed by atoms with Crippen LogP contribution in [-0.2, 0) is 11.3 Å². The van der Waals surface area contributed by atoms with Crippen LogP contribution < -0.4 is 0 Å².